The fraction of sp³-hybridized carbons (Fsp3) is 0.500. The Morgan fingerprint density at radius 3 is 1.89 bits per heavy atom. The first-order valence-corrected chi connectivity index (χ1v) is 11.7. The number of primary amides is 1. The van der Waals surface area contributed by atoms with Crippen molar-refractivity contribution in [3.05, 3.63) is 35.9 Å². The van der Waals surface area contributed by atoms with E-state index in [4.69, 9.17) is 16.6 Å². The molecule has 0 fully saturated rings. The van der Waals surface area contributed by atoms with Crippen LogP contribution in [0.15, 0.2) is 30.3 Å². The number of carbonyl (C=O) groups is 6. The number of carboxylic acids is 2. The SMILES string of the molecule is CC(C)CC(NC(=O)C(N)CC(N)=O)C(=O)NC(CCC(=O)O)C(=O)NC(Cc1ccccc1)C(=O)O. The van der Waals surface area contributed by atoms with Crippen LogP contribution in [0.1, 0.15) is 45.1 Å². The van der Waals surface area contributed by atoms with E-state index in [1.54, 1.807) is 44.2 Å². The summed E-state index contributed by atoms with van der Waals surface area (Å²) in [6.07, 6.45) is -1.15. The molecule has 1 aromatic carbocycles. The van der Waals surface area contributed by atoms with Crippen molar-refractivity contribution in [1.29, 1.82) is 0 Å². The van der Waals surface area contributed by atoms with Gasteiger partial charge in [0, 0.05) is 12.8 Å². The third-order valence-electron chi connectivity index (χ3n) is 5.28. The second-order valence-corrected chi connectivity index (χ2v) is 9.05. The first-order valence-electron chi connectivity index (χ1n) is 11.7. The molecule has 0 radical (unpaired) electrons. The van der Waals surface area contributed by atoms with Crippen LogP contribution in [-0.2, 0) is 35.2 Å². The molecule has 0 aliphatic rings. The standard InChI is InChI=1S/C24H35N5O8/c1-13(2)10-17(28-21(33)15(25)12-19(26)30)23(35)27-16(8-9-20(31)32)22(34)29-18(24(36)37)11-14-6-4-3-5-7-14/h3-7,13,15-18H,8-12,25H2,1-2H3,(H2,26,30)(H,27,35)(H,28,33)(H,29,34)(H,31,32)(H,36,37). The van der Waals surface area contributed by atoms with Gasteiger partial charge in [0.05, 0.1) is 12.5 Å². The molecule has 0 bridgehead atoms. The van der Waals surface area contributed by atoms with Crippen molar-refractivity contribution in [1.82, 2.24) is 16.0 Å². The molecule has 13 nitrogen and oxygen atoms in total. The molecule has 37 heavy (non-hydrogen) atoms. The number of hydrogen-bond donors (Lipinski definition) is 7. The highest BCUT2D eigenvalue weighted by Gasteiger charge is 2.31. The Morgan fingerprint density at radius 1 is 0.838 bits per heavy atom. The summed E-state index contributed by atoms with van der Waals surface area (Å²) < 4.78 is 0. The number of carboxylic acid groups (broad SMARTS) is 2. The lowest BCUT2D eigenvalue weighted by molar-refractivity contribution is -0.143. The fourth-order valence-corrected chi connectivity index (χ4v) is 3.42. The van der Waals surface area contributed by atoms with Crippen molar-refractivity contribution in [3.8, 4) is 0 Å². The minimum absolute atomic E-state index is 0.0364. The number of benzene rings is 1. The van der Waals surface area contributed by atoms with Gasteiger partial charge in [0.25, 0.3) is 0 Å². The Balaban J connectivity index is 3.04. The van der Waals surface area contributed by atoms with E-state index in [9.17, 15) is 33.9 Å². The van der Waals surface area contributed by atoms with E-state index in [2.05, 4.69) is 16.0 Å². The molecule has 4 unspecified atom stereocenters. The molecule has 13 heteroatoms. The van der Waals surface area contributed by atoms with Crippen LogP contribution in [0, 0.1) is 5.92 Å². The average Bonchev–Trinajstić information content (AvgIpc) is 2.80. The van der Waals surface area contributed by atoms with E-state index in [0.29, 0.717) is 5.56 Å². The third kappa shape index (κ3) is 12.0. The van der Waals surface area contributed by atoms with E-state index in [-0.39, 0.29) is 25.2 Å². The summed E-state index contributed by atoms with van der Waals surface area (Å²) in [6.45, 7) is 3.57. The average molecular weight is 522 g/mol. The Kier molecular flexibility index (Phi) is 12.7. The van der Waals surface area contributed by atoms with Crippen molar-refractivity contribution in [2.24, 2.45) is 17.4 Å². The zero-order valence-electron chi connectivity index (χ0n) is 20.8. The summed E-state index contributed by atoms with van der Waals surface area (Å²) in [5.41, 5.74) is 11.3. The van der Waals surface area contributed by atoms with Gasteiger partial charge in [0.2, 0.25) is 23.6 Å². The van der Waals surface area contributed by atoms with Gasteiger partial charge in [0.1, 0.15) is 18.1 Å². The Labute approximate surface area is 214 Å². The van der Waals surface area contributed by atoms with Gasteiger partial charge in [-0.05, 0) is 24.3 Å². The minimum Gasteiger partial charge on any atom is -0.481 e. The second-order valence-electron chi connectivity index (χ2n) is 9.05. The molecule has 0 saturated heterocycles. The molecule has 0 aromatic heterocycles. The fourth-order valence-electron chi connectivity index (χ4n) is 3.42. The number of rotatable bonds is 16. The van der Waals surface area contributed by atoms with E-state index in [1.807, 2.05) is 0 Å². The monoisotopic (exact) mass is 521 g/mol. The number of aliphatic carboxylic acids is 2. The highest BCUT2D eigenvalue weighted by atomic mass is 16.4. The maximum absolute atomic E-state index is 13.0. The summed E-state index contributed by atoms with van der Waals surface area (Å²) in [7, 11) is 0. The molecule has 1 rings (SSSR count). The first-order chi connectivity index (χ1) is 17.3. The van der Waals surface area contributed by atoms with E-state index >= 15 is 0 Å². The van der Waals surface area contributed by atoms with Crippen LogP contribution in [0.5, 0.6) is 0 Å². The highest BCUT2D eigenvalue weighted by Crippen LogP contribution is 2.09. The molecule has 4 atom stereocenters. The predicted octanol–water partition coefficient (Wildman–Crippen LogP) is -1.12. The highest BCUT2D eigenvalue weighted by molar-refractivity contribution is 5.95. The summed E-state index contributed by atoms with van der Waals surface area (Å²) in [4.78, 5) is 72.3. The lowest BCUT2D eigenvalue weighted by atomic mass is 10.0. The zero-order chi connectivity index (χ0) is 28.1. The summed E-state index contributed by atoms with van der Waals surface area (Å²) >= 11 is 0. The molecule has 0 aliphatic heterocycles. The van der Waals surface area contributed by atoms with E-state index in [1.165, 1.54) is 0 Å². The van der Waals surface area contributed by atoms with Crippen LogP contribution in [0.2, 0.25) is 0 Å². The molecule has 4 amide bonds. The number of amides is 4. The van der Waals surface area contributed by atoms with Crippen LogP contribution >= 0.6 is 0 Å². The Bertz CT molecular complexity index is 969. The van der Waals surface area contributed by atoms with Gasteiger partial charge in [-0.3, -0.25) is 24.0 Å². The smallest absolute Gasteiger partial charge is 0.326 e. The maximum Gasteiger partial charge on any atom is 0.326 e. The van der Waals surface area contributed by atoms with Crippen LogP contribution in [0.4, 0.5) is 0 Å². The molecular weight excluding hydrogens is 486 g/mol. The number of carbonyl (C=O) groups excluding carboxylic acids is 4. The number of nitrogens with one attached hydrogen (secondary N) is 3. The van der Waals surface area contributed by atoms with Gasteiger partial charge in [-0.25, -0.2) is 4.79 Å². The number of nitrogens with two attached hydrogens (primary N) is 2. The molecule has 0 spiro atoms. The van der Waals surface area contributed by atoms with Gasteiger partial charge in [-0.2, -0.15) is 0 Å². The van der Waals surface area contributed by atoms with Gasteiger partial charge in [-0.15, -0.1) is 0 Å². The van der Waals surface area contributed by atoms with E-state index in [0.717, 1.165) is 0 Å². The molecule has 204 valence electrons. The topological polar surface area (TPSA) is 231 Å². The van der Waals surface area contributed by atoms with E-state index < -0.39 is 72.6 Å². The lowest BCUT2D eigenvalue weighted by Crippen LogP contribution is -2.57. The summed E-state index contributed by atoms with van der Waals surface area (Å²) in [5, 5.41) is 25.8. The lowest BCUT2D eigenvalue weighted by Gasteiger charge is -2.26. The first kappa shape index (κ1) is 31.0. The number of hydrogen-bond acceptors (Lipinski definition) is 7. The minimum atomic E-state index is -1.40. The van der Waals surface area contributed by atoms with Gasteiger partial charge >= 0.3 is 11.9 Å². The van der Waals surface area contributed by atoms with Crippen molar-refractivity contribution >= 4 is 35.6 Å². The quantitative estimate of drug-likeness (QED) is 0.139. The second kappa shape index (κ2) is 15.2. The molecular formula is C24H35N5O8. The van der Waals surface area contributed by atoms with Crippen LogP contribution < -0.4 is 27.4 Å². The Hall–Kier alpha value is -4.00. The molecule has 1 aromatic rings. The normalized spacial score (nSPS) is 14.1. The van der Waals surface area contributed by atoms with Crippen LogP contribution in [-0.4, -0.2) is 69.9 Å². The van der Waals surface area contributed by atoms with Crippen LogP contribution in [0.25, 0.3) is 0 Å². The van der Waals surface area contributed by atoms with Gasteiger partial charge in [0.15, 0.2) is 0 Å². The molecule has 0 heterocycles. The molecule has 0 saturated carbocycles. The summed E-state index contributed by atoms with van der Waals surface area (Å²) in [6, 6.07) is 3.37. The Morgan fingerprint density at radius 2 is 1.38 bits per heavy atom. The maximum atomic E-state index is 13.0. The van der Waals surface area contributed by atoms with Crippen LogP contribution in [0.3, 0.4) is 0 Å². The third-order valence-corrected chi connectivity index (χ3v) is 5.28. The zero-order valence-corrected chi connectivity index (χ0v) is 20.8. The van der Waals surface area contributed by atoms with Crippen molar-refractivity contribution in [2.75, 3.05) is 0 Å². The van der Waals surface area contributed by atoms with Crippen molar-refractivity contribution in [2.45, 2.75) is 70.1 Å². The van der Waals surface area contributed by atoms with Gasteiger partial charge < -0.3 is 37.6 Å². The molecule has 0 aliphatic carbocycles. The van der Waals surface area contributed by atoms with Gasteiger partial charge in [-0.1, -0.05) is 44.2 Å². The molecule has 9 N–H and O–H groups in total. The largest absolute Gasteiger partial charge is 0.481 e. The van der Waals surface area contributed by atoms with Crippen molar-refractivity contribution < 1.29 is 39.0 Å². The van der Waals surface area contributed by atoms with Crippen molar-refractivity contribution in [3.63, 3.8) is 0 Å². The predicted molar refractivity (Wildman–Crippen MR) is 132 cm³/mol. The summed E-state index contributed by atoms with van der Waals surface area (Å²) in [5.74, 6) is -5.92.